The summed E-state index contributed by atoms with van der Waals surface area (Å²) in [5.74, 6) is 3.73. The summed E-state index contributed by atoms with van der Waals surface area (Å²) in [6.07, 6.45) is 2.89. The molecule has 0 aromatic heterocycles. The molecule has 94 valence electrons. The van der Waals surface area contributed by atoms with Crippen molar-refractivity contribution in [3.05, 3.63) is 0 Å². The van der Waals surface area contributed by atoms with Crippen LogP contribution in [0.15, 0.2) is 0 Å². The van der Waals surface area contributed by atoms with Gasteiger partial charge in [0.15, 0.2) is 0 Å². The lowest BCUT2D eigenvalue weighted by atomic mass is 10.1. The molecule has 0 bridgehead atoms. The molecule has 2 heteroatoms. The average molecular weight is 224 g/mol. The van der Waals surface area contributed by atoms with E-state index in [2.05, 4.69) is 31.0 Å². The maximum absolute atomic E-state index is 3.60. The minimum absolute atomic E-state index is 0.782. The molecule has 1 heterocycles. The van der Waals surface area contributed by atoms with Crippen molar-refractivity contribution in [2.75, 3.05) is 32.7 Å². The summed E-state index contributed by atoms with van der Waals surface area (Å²) in [7, 11) is 0. The summed E-state index contributed by atoms with van der Waals surface area (Å²) < 4.78 is 0. The van der Waals surface area contributed by atoms with Crippen molar-refractivity contribution in [3.63, 3.8) is 0 Å². The third-order valence-corrected chi connectivity index (χ3v) is 4.12. The van der Waals surface area contributed by atoms with Gasteiger partial charge in [-0.05, 0) is 56.1 Å². The molecule has 3 atom stereocenters. The van der Waals surface area contributed by atoms with Crippen molar-refractivity contribution in [2.24, 2.45) is 23.7 Å². The van der Waals surface area contributed by atoms with Crippen molar-refractivity contribution in [3.8, 4) is 0 Å². The summed E-state index contributed by atoms with van der Waals surface area (Å²) in [5.41, 5.74) is 0. The predicted molar refractivity (Wildman–Crippen MR) is 69.5 cm³/mol. The molecule has 0 radical (unpaired) electrons. The quantitative estimate of drug-likeness (QED) is 0.744. The highest BCUT2D eigenvalue weighted by molar-refractivity contribution is 4.87. The first-order valence-electron chi connectivity index (χ1n) is 7.08. The number of hydrogen-bond acceptors (Lipinski definition) is 2. The number of likely N-dealkylation sites (tertiary alicyclic amines) is 1. The van der Waals surface area contributed by atoms with Crippen LogP contribution in [0.2, 0.25) is 0 Å². The fourth-order valence-electron chi connectivity index (χ4n) is 2.81. The van der Waals surface area contributed by atoms with Crippen LogP contribution in [-0.4, -0.2) is 37.6 Å². The molecule has 2 nitrogen and oxygen atoms in total. The highest BCUT2D eigenvalue weighted by Gasteiger charge is 2.35. The van der Waals surface area contributed by atoms with Crippen LogP contribution in [0.3, 0.4) is 0 Å². The Kier molecular flexibility index (Phi) is 4.26. The largest absolute Gasteiger partial charge is 0.316 e. The molecule has 3 unspecified atom stereocenters. The van der Waals surface area contributed by atoms with Crippen molar-refractivity contribution >= 4 is 0 Å². The Labute approximate surface area is 101 Å². The third-order valence-electron chi connectivity index (χ3n) is 4.12. The van der Waals surface area contributed by atoms with E-state index >= 15 is 0 Å². The zero-order valence-electron chi connectivity index (χ0n) is 11.2. The second kappa shape index (κ2) is 5.50. The first-order valence-corrected chi connectivity index (χ1v) is 7.08. The lowest BCUT2D eigenvalue weighted by Gasteiger charge is -2.16. The number of rotatable bonds is 6. The molecule has 2 fully saturated rings. The second-order valence-electron chi connectivity index (χ2n) is 6.44. The molecule has 1 N–H and O–H groups in total. The summed E-state index contributed by atoms with van der Waals surface area (Å²) in [6.45, 7) is 13.4. The molecule has 2 rings (SSSR count). The Hall–Kier alpha value is -0.0800. The highest BCUT2D eigenvalue weighted by atomic mass is 15.2. The molecular weight excluding hydrogens is 196 g/mol. The van der Waals surface area contributed by atoms with E-state index < -0.39 is 0 Å². The zero-order chi connectivity index (χ0) is 11.5. The van der Waals surface area contributed by atoms with E-state index in [1.54, 1.807) is 0 Å². The van der Waals surface area contributed by atoms with E-state index in [-0.39, 0.29) is 0 Å². The van der Waals surface area contributed by atoms with E-state index in [4.69, 9.17) is 0 Å². The van der Waals surface area contributed by atoms with Crippen LogP contribution in [0.4, 0.5) is 0 Å². The van der Waals surface area contributed by atoms with Crippen LogP contribution in [0.25, 0.3) is 0 Å². The molecule has 1 saturated heterocycles. The molecular formula is C14H28N2. The van der Waals surface area contributed by atoms with Crippen LogP contribution in [0.1, 0.15) is 33.6 Å². The Morgan fingerprint density at radius 3 is 2.75 bits per heavy atom. The van der Waals surface area contributed by atoms with Crippen LogP contribution < -0.4 is 5.32 Å². The normalized spacial score (nSPS) is 34.9. The molecule has 0 aromatic carbocycles. The van der Waals surface area contributed by atoms with E-state index in [0.29, 0.717) is 0 Å². The topological polar surface area (TPSA) is 15.3 Å². The van der Waals surface area contributed by atoms with Gasteiger partial charge in [0.2, 0.25) is 0 Å². The molecule has 1 aliphatic heterocycles. The zero-order valence-corrected chi connectivity index (χ0v) is 11.2. The number of nitrogens with zero attached hydrogens (tertiary/aromatic N) is 1. The maximum atomic E-state index is 3.60. The van der Waals surface area contributed by atoms with Gasteiger partial charge in [-0.2, -0.15) is 0 Å². The van der Waals surface area contributed by atoms with E-state index in [9.17, 15) is 0 Å². The summed E-state index contributed by atoms with van der Waals surface area (Å²) in [4.78, 5) is 2.69. The fourth-order valence-corrected chi connectivity index (χ4v) is 2.81. The molecule has 0 amide bonds. The lowest BCUT2D eigenvalue weighted by molar-refractivity contribution is 0.303. The van der Waals surface area contributed by atoms with Gasteiger partial charge in [0.25, 0.3) is 0 Å². The Morgan fingerprint density at radius 2 is 2.12 bits per heavy atom. The summed E-state index contributed by atoms with van der Waals surface area (Å²) in [5, 5.41) is 3.60. The van der Waals surface area contributed by atoms with Crippen LogP contribution in [0, 0.1) is 23.7 Å². The SMILES string of the molecule is CC(C)CNCC1CCN(CC2CC2C)C1. The maximum Gasteiger partial charge on any atom is 0.00224 e. The molecule has 16 heavy (non-hydrogen) atoms. The first-order chi connectivity index (χ1) is 7.65. The summed E-state index contributed by atoms with van der Waals surface area (Å²) >= 11 is 0. The van der Waals surface area contributed by atoms with Crippen LogP contribution in [-0.2, 0) is 0 Å². The van der Waals surface area contributed by atoms with Crippen molar-refractivity contribution in [2.45, 2.75) is 33.6 Å². The highest BCUT2D eigenvalue weighted by Crippen LogP contribution is 2.38. The van der Waals surface area contributed by atoms with E-state index in [1.807, 2.05) is 0 Å². The second-order valence-corrected chi connectivity index (χ2v) is 6.44. The van der Waals surface area contributed by atoms with Crippen LogP contribution >= 0.6 is 0 Å². The van der Waals surface area contributed by atoms with Crippen molar-refractivity contribution in [1.82, 2.24) is 10.2 Å². The van der Waals surface area contributed by atoms with Gasteiger partial charge in [-0.25, -0.2) is 0 Å². The smallest absolute Gasteiger partial charge is 0.00224 e. The van der Waals surface area contributed by atoms with Gasteiger partial charge in [0, 0.05) is 13.1 Å². The Balaban J connectivity index is 1.56. The monoisotopic (exact) mass is 224 g/mol. The minimum atomic E-state index is 0.782. The molecule has 1 aliphatic carbocycles. The average Bonchev–Trinajstić information content (AvgIpc) is 2.73. The minimum Gasteiger partial charge on any atom is -0.316 e. The van der Waals surface area contributed by atoms with E-state index in [1.165, 1.54) is 45.6 Å². The lowest BCUT2D eigenvalue weighted by Crippen LogP contribution is -2.29. The predicted octanol–water partition coefficient (Wildman–Crippen LogP) is 2.21. The standard InChI is InChI=1S/C14H28N2/c1-11(2)7-15-8-13-4-5-16(9-13)10-14-6-12(14)3/h11-15H,4-10H2,1-3H3. The molecule has 2 aliphatic rings. The number of hydrogen-bond donors (Lipinski definition) is 1. The summed E-state index contributed by atoms with van der Waals surface area (Å²) in [6, 6.07) is 0. The number of nitrogens with one attached hydrogen (secondary N) is 1. The Morgan fingerprint density at radius 1 is 1.38 bits per heavy atom. The Bertz CT molecular complexity index is 215. The third kappa shape index (κ3) is 3.74. The van der Waals surface area contributed by atoms with Gasteiger partial charge < -0.3 is 10.2 Å². The van der Waals surface area contributed by atoms with Crippen LogP contribution in [0.5, 0.6) is 0 Å². The van der Waals surface area contributed by atoms with Gasteiger partial charge in [-0.15, -0.1) is 0 Å². The van der Waals surface area contributed by atoms with Gasteiger partial charge in [-0.1, -0.05) is 20.8 Å². The van der Waals surface area contributed by atoms with Gasteiger partial charge in [-0.3, -0.25) is 0 Å². The van der Waals surface area contributed by atoms with E-state index in [0.717, 1.165) is 23.7 Å². The van der Waals surface area contributed by atoms with Gasteiger partial charge in [0.1, 0.15) is 0 Å². The van der Waals surface area contributed by atoms with Gasteiger partial charge >= 0.3 is 0 Å². The molecule has 0 spiro atoms. The van der Waals surface area contributed by atoms with Crippen molar-refractivity contribution in [1.29, 1.82) is 0 Å². The molecule has 1 saturated carbocycles. The molecule has 0 aromatic rings. The first kappa shape index (κ1) is 12.4. The van der Waals surface area contributed by atoms with Gasteiger partial charge in [0.05, 0.1) is 0 Å². The van der Waals surface area contributed by atoms with Crippen molar-refractivity contribution < 1.29 is 0 Å². The fraction of sp³-hybridized carbons (Fsp3) is 1.00.